The minimum absolute atomic E-state index is 0.00297. The molecule has 7 nitrogen and oxygen atoms in total. The first kappa shape index (κ1) is 14.9. The summed E-state index contributed by atoms with van der Waals surface area (Å²) in [7, 11) is -3.81. The highest BCUT2D eigenvalue weighted by Gasteiger charge is 2.38. The van der Waals surface area contributed by atoms with Gasteiger partial charge in [0.05, 0.1) is 15.4 Å². The van der Waals surface area contributed by atoms with E-state index in [0.29, 0.717) is 12.0 Å². The fourth-order valence-electron chi connectivity index (χ4n) is 2.20. The predicted molar refractivity (Wildman–Crippen MR) is 71.8 cm³/mol. The van der Waals surface area contributed by atoms with Gasteiger partial charge in [0.2, 0.25) is 10.0 Å². The molecule has 8 heteroatoms. The van der Waals surface area contributed by atoms with Crippen molar-refractivity contribution in [1.29, 1.82) is 0 Å². The SMILES string of the molecule is Cc1ccc(S(=O)(=O)N2CCC(C)(O)C2)cc1[N+](=O)[O-]. The van der Waals surface area contributed by atoms with Crippen LogP contribution in [-0.4, -0.2) is 41.4 Å². The lowest BCUT2D eigenvalue weighted by atomic mass is 10.1. The van der Waals surface area contributed by atoms with Crippen molar-refractivity contribution in [3.05, 3.63) is 33.9 Å². The van der Waals surface area contributed by atoms with E-state index in [1.807, 2.05) is 0 Å². The van der Waals surface area contributed by atoms with Crippen LogP contribution in [0.1, 0.15) is 18.9 Å². The third kappa shape index (κ3) is 2.67. The lowest BCUT2D eigenvalue weighted by Gasteiger charge is -2.19. The Morgan fingerprint density at radius 3 is 2.60 bits per heavy atom. The van der Waals surface area contributed by atoms with Crippen LogP contribution in [-0.2, 0) is 10.0 Å². The molecule has 0 radical (unpaired) electrons. The fraction of sp³-hybridized carbons (Fsp3) is 0.500. The van der Waals surface area contributed by atoms with Gasteiger partial charge in [-0.1, -0.05) is 6.07 Å². The van der Waals surface area contributed by atoms with E-state index >= 15 is 0 Å². The van der Waals surface area contributed by atoms with E-state index in [1.54, 1.807) is 13.8 Å². The molecule has 1 heterocycles. The zero-order chi connectivity index (χ0) is 15.1. The number of hydrogen-bond acceptors (Lipinski definition) is 5. The van der Waals surface area contributed by atoms with Gasteiger partial charge in [-0.2, -0.15) is 4.31 Å². The molecule has 1 aliphatic heterocycles. The van der Waals surface area contributed by atoms with Crippen LogP contribution in [0.25, 0.3) is 0 Å². The van der Waals surface area contributed by atoms with E-state index in [-0.39, 0.29) is 23.7 Å². The maximum absolute atomic E-state index is 12.4. The number of β-amino-alcohol motifs (C(OH)–C–C–N with tert-alkyl or cyclic N) is 1. The lowest BCUT2D eigenvalue weighted by molar-refractivity contribution is -0.385. The summed E-state index contributed by atoms with van der Waals surface area (Å²) in [6, 6.07) is 3.83. The number of rotatable bonds is 3. The van der Waals surface area contributed by atoms with Crippen LogP contribution in [0.3, 0.4) is 0 Å². The van der Waals surface area contributed by atoms with Crippen molar-refractivity contribution in [2.24, 2.45) is 0 Å². The smallest absolute Gasteiger partial charge is 0.273 e. The molecule has 1 atom stereocenters. The lowest BCUT2D eigenvalue weighted by Crippen LogP contribution is -2.33. The van der Waals surface area contributed by atoms with E-state index in [1.165, 1.54) is 12.1 Å². The van der Waals surface area contributed by atoms with Gasteiger partial charge >= 0.3 is 0 Å². The quantitative estimate of drug-likeness (QED) is 0.664. The van der Waals surface area contributed by atoms with Gasteiger partial charge in [-0.15, -0.1) is 0 Å². The molecule has 0 aliphatic carbocycles. The van der Waals surface area contributed by atoms with E-state index in [9.17, 15) is 23.6 Å². The molecule has 0 bridgehead atoms. The summed E-state index contributed by atoms with van der Waals surface area (Å²) in [6.07, 6.45) is 0.347. The number of sulfonamides is 1. The largest absolute Gasteiger partial charge is 0.389 e. The first-order valence-electron chi connectivity index (χ1n) is 6.11. The topological polar surface area (TPSA) is 101 Å². The summed E-state index contributed by atoms with van der Waals surface area (Å²) in [6.45, 7) is 3.32. The Labute approximate surface area is 117 Å². The molecule has 1 aromatic rings. The highest BCUT2D eigenvalue weighted by Crippen LogP contribution is 2.29. The first-order valence-corrected chi connectivity index (χ1v) is 7.55. The third-order valence-corrected chi connectivity index (χ3v) is 5.27. The molecule has 0 saturated carbocycles. The van der Waals surface area contributed by atoms with Crippen LogP contribution < -0.4 is 0 Å². The van der Waals surface area contributed by atoms with Crippen LogP contribution in [0.4, 0.5) is 5.69 Å². The average molecular weight is 300 g/mol. The third-order valence-electron chi connectivity index (χ3n) is 3.43. The zero-order valence-corrected chi connectivity index (χ0v) is 12.1. The molecule has 2 rings (SSSR count). The highest BCUT2D eigenvalue weighted by atomic mass is 32.2. The summed E-state index contributed by atoms with van der Waals surface area (Å²) < 4.78 is 26.0. The summed E-state index contributed by atoms with van der Waals surface area (Å²) in [5, 5.41) is 20.7. The van der Waals surface area contributed by atoms with E-state index in [4.69, 9.17) is 0 Å². The molecular weight excluding hydrogens is 284 g/mol. The summed E-state index contributed by atoms with van der Waals surface area (Å²) in [5.41, 5.74) is -0.872. The number of aryl methyl sites for hydroxylation is 1. The molecule has 0 spiro atoms. The van der Waals surface area contributed by atoms with Crippen molar-refractivity contribution < 1.29 is 18.4 Å². The second-order valence-electron chi connectivity index (χ2n) is 5.29. The minimum atomic E-state index is -3.81. The molecular formula is C12H16N2O5S. The second-order valence-corrected chi connectivity index (χ2v) is 7.23. The van der Waals surface area contributed by atoms with Gasteiger partial charge in [0.15, 0.2) is 0 Å². The van der Waals surface area contributed by atoms with Crippen LogP contribution in [0.15, 0.2) is 23.1 Å². The van der Waals surface area contributed by atoms with E-state index in [2.05, 4.69) is 0 Å². The molecule has 1 unspecified atom stereocenters. The van der Waals surface area contributed by atoms with Crippen molar-refractivity contribution in [2.75, 3.05) is 13.1 Å². The minimum Gasteiger partial charge on any atom is -0.389 e. The number of aliphatic hydroxyl groups is 1. The molecule has 0 amide bonds. The Kier molecular flexibility index (Phi) is 3.57. The second kappa shape index (κ2) is 4.80. The maximum atomic E-state index is 12.4. The van der Waals surface area contributed by atoms with Crippen molar-refractivity contribution in [3.63, 3.8) is 0 Å². The Balaban J connectivity index is 2.41. The van der Waals surface area contributed by atoms with Crippen LogP contribution >= 0.6 is 0 Å². The monoisotopic (exact) mass is 300 g/mol. The first-order chi connectivity index (χ1) is 9.13. The van der Waals surface area contributed by atoms with Crippen molar-refractivity contribution >= 4 is 15.7 Å². The van der Waals surface area contributed by atoms with Gasteiger partial charge in [0.1, 0.15) is 0 Å². The van der Waals surface area contributed by atoms with Gasteiger partial charge in [0, 0.05) is 24.7 Å². The van der Waals surface area contributed by atoms with E-state index < -0.39 is 20.5 Å². The van der Waals surface area contributed by atoms with Gasteiger partial charge in [-0.25, -0.2) is 8.42 Å². The van der Waals surface area contributed by atoms with Crippen molar-refractivity contribution in [3.8, 4) is 0 Å². The maximum Gasteiger partial charge on any atom is 0.273 e. The van der Waals surface area contributed by atoms with Crippen LogP contribution in [0, 0.1) is 17.0 Å². The van der Waals surface area contributed by atoms with Gasteiger partial charge < -0.3 is 5.11 Å². The van der Waals surface area contributed by atoms with E-state index in [0.717, 1.165) is 10.4 Å². The number of hydrogen-bond donors (Lipinski definition) is 1. The van der Waals surface area contributed by atoms with Crippen molar-refractivity contribution in [1.82, 2.24) is 4.31 Å². The standard InChI is InChI=1S/C12H16N2O5S/c1-9-3-4-10(7-11(9)14(16)17)20(18,19)13-6-5-12(2,15)8-13/h3-4,7,15H,5-6,8H2,1-2H3. The predicted octanol–water partition coefficient (Wildman–Crippen LogP) is 1.05. The molecule has 20 heavy (non-hydrogen) atoms. The summed E-state index contributed by atoms with van der Waals surface area (Å²) in [5.74, 6) is 0. The summed E-state index contributed by atoms with van der Waals surface area (Å²) in [4.78, 5) is 10.2. The van der Waals surface area contributed by atoms with Crippen LogP contribution in [0.2, 0.25) is 0 Å². The number of nitro benzene ring substituents is 1. The Bertz CT molecular complexity index is 654. The molecule has 1 fully saturated rings. The zero-order valence-electron chi connectivity index (χ0n) is 11.2. The van der Waals surface area contributed by atoms with Gasteiger partial charge in [-0.3, -0.25) is 10.1 Å². The van der Waals surface area contributed by atoms with Gasteiger partial charge in [0.25, 0.3) is 5.69 Å². The molecule has 110 valence electrons. The Morgan fingerprint density at radius 2 is 2.10 bits per heavy atom. The Hall–Kier alpha value is -1.51. The molecule has 1 aliphatic rings. The molecule has 1 N–H and O–H groups in total. The van der Waals surface area contributed by atoms with Crippen LogP contribution in [0.5, 0.6) is 0 Å². The van der Waals surface area contributed by atoms with Crippen molar-refractivity contribution in [2.45, 2.75) is 30.8 Å². The number of nitrogens with zero attached hydrogens (tertiary/aromatic N) is 2. The Morgan fingerprint density at radius 1 is 1.45 bits per heavy atom. The molecule has 0 aromatic heterocycles. The molecule has 1 saturated heterocycles. The number of nitro groups is 1. The molecule has 1 aromatic carbocycles. The normalized spacial score (nSPS) is 23.9. The highest BCUT2D eigenvalue weighted by molar-refractivity contribution is 7.89. The van der Waals surface area contributed by atoms with Gasteiger partial charge in [-0.05, 0) is 26.3 Å². The number of benzene rings is 1. The summed E-state index contributed by atoms with van der Waals surface area (Å²) >= 11 is 0. The average Bonchev–Trinajstić information content (AvgIpc) is 2.70. The fourth-order valence-corrected chi connectivity index (χ4v) is 3.78.